The van der Waals surface area contributed by atoms with Crippen LogP contribution in [0.4, 0.5) is 5.82 Å². The summed E-state index contributed by atoms with van der Waals surface area (Å²) in [6.07, 6.45) is 1.76. The van der Waals surface area contributed by atoms with E-state index in [1.165, 1.54) is 0 Å². The molecule has 0 radical (unpaired) electrons. The summed E-state index contributed by atoms with van der Waals surface area (Å²) in [6.45, 7) is 5.07. The van der Waals surface area contributed by atoms with E-state index in [2.05, 4.69) is 21.2 Å². The molecule has 0 fully saturated rings. The number of rotatable bonds is 6. The van der Waals surface area contributed by atoms with Crippen LogP contribution in [0.15, 0.2) is 47.1 Å². The minimum Gasteiger partial charge on any atom is -0.494 e. The normalized spacial score (nSPS) is 10.6. The fourth-order valence-electron chi connectivity index (χ4n) is 2.54. The Hall–Kier alpha value is -2.89. The summed E-state index contributed by atoms with van der Waals surface area (Å²) in [7, 11) is 1.98. The van der Waals surface area contributed by atoms with Crippen LogP contribution in [-0.4, -0.2) is 28.8 Å². The molecule has 124 valence electrons. The smallest absolute Gasteiger partial charge is 0.261 e. The molecule has 0 spiro atoms. The largest absolute Gasteiger partial charge is 0.494 e. The Bertz CT molecular complexity index is 816. The molecule has 2 aromatic heterocycles. The molecule has 2 heterocycles. The first-order valence-corrected chi connectivity index (χ1v) is 7.86. The maximum atomic E-state index is 5.70. The zero-order valence-corrected chi connectivity index (χ0v) is 14.1. The van der Waals surface area contributed by atoms with Crippen LogP contribution in [-0.2, 0) is 6.54 Å². The monoisotopic (exact) mass is 324 g/mol. The molecule has 1 aromatic carbocycles. The molecule has 0 aliphatic heterocycles. The second-order valence-electron chi connectivity index (χ2n) is 5.42. The second kappa shape index (κ2) is 7.12. The Morgan fingerprint density at radius 3 is 2.75 bits per heavy atom. The van der Waals surface area contributed by atoms with E-state index in [-0.39, 0.29) is 0 Å². The van der Waals surface area contributed by atoms with Crippen molar-refractivity contribution in [2.24, 2.45) is 0 Å². The standard InChI is InChI=1S/C18H20N4O2/c1-4-23-16-10-6-5-8-14(16)12-22(3)17-15(9-7-11-19-17)18-20-13(2)21-24-18/h5-11H,4,12H2,1-3H3. The van der Waals surface area contributed by atoms with Gasteiger partial charge in [0.25, 0.3) is 5.89 Å². The summed E-state index contributed by atoms with van der Waals surface area (Å²) in [5, 5.41) is 3.86. The minimum absolute atomic E-state index is 0.473. The lowest BCUT2D eigenvalue weighted by Crippen LogP contribution is -2.19. The van der Waals surface area contributed by atoms with Crippen molar-refractivity contribution in [2.45, 2.75) is 20.4 Å². The molecular weight excluding hydrogens is 304 g/mol. The highest BCUT2D eigenvalue weighted by Crippen LogP contribution is 2.29. The van der Waals surface area contributed by atoms with Gasteiger partial charge in [0.15, 0.2) is 5.82 Å². The number of benzene rings is 1. The van der Waals surface area contributed by atoms with Crippen molar-refractivity contribution in [2.75, 3.05) is 18.6 Å². The Labute approximate surface area is 141 Å². The summed E-state index contributed by atoms with van der Waals surface area (Å²) in [4.78, 5) is 10.9. The zero-order valence-electron chi connectivity index (χ0n) is 14.1. The Morgan fingerprint density at radius 2 is 2.00 bits per heavy atom. The highest BCUT2D eigenvalue weighted by Gasteiger charge is 2.16. The predicted molar refractivity (Wildman–Crippen MR) is 92.0 cm³/mol. The van der Waals surface area contributed by atoms with Gasteiger partial charge in [0, 0.05) is 25.4 Å². The first kappa shape index (κ1) is 16.0. The molecule has 24 heavy (non-hydrogen) atoms. The van der Waals surface area contributed by atoms with Crippen LogP contribution in [0.2, 0.25) is 0 Å². The van der Waals surface area contributed by atoms with E-state index >= 15 is 0 Å². The van der Waals surface area contributed by atoms with E-state index in [1.54, 1.807) is 13.1 Å². The lowest BCUT2D eigenvalue weighted by Gasteiger charge is -2.21. The Balaban J connectivity index is 1.90. The molecule has 0 aliphatic rings. The van der Waals surface area contributed by atoms with Crippen molar-refractivity contribution in [3.05, 3.63) is 54.0 Å². The van der Waals surface area contributed by atoms with Crippen LogP contribution >= 0.6 is 0 Å². The van der Waals surface area contributed by atoms with Crippen molar-refractivity contribution in [1.82, 2.24) is 15.1 Å². The summed E-state index contributed by atoms with van der Waals surface area (Å²) >= 11 is 0. The third kappa shape index (κ3) is 3.37. The molecule has 6 nitrogen and oxygen atoms in total. The van der Waals surface area contributed by atoms with Crippen molar-refractivity contribution in [1.29, 1.82) is 0 Å². The van der Waals surface area contributed by atoms with Gasteiger partial charge in [0.1, 0.15) is 11.6 Å². The van der Waals surface area contributed by atoms with Crippen LogP contribution in [0.5, 0.6) is 5.75 Å². The molecule has 6 heteroatoms. The lowest BCUT2D eigenvalue weighted by molar-refractivity contribution is 0.336. The fourth-order valence-corrected chi connectivity index (χ4v) is 2.54. The summed E-state index contributed by atoms with van der Waals surface area (Å²) < 4.78 is 11.0. The van der Waals surface area contributed by atoms with E-state index in [9.17, 15) is 0 Å². The molecule has 0 N–H and O–H groups in total. The van der Waals surface area contributed by atoms with Gasteiger partial charge in [-0.05, 0) is 32.0 Å². The predicted octanol–water partition coefficient (Wildman–Crippen LogP) is 3.48. The number of aromatic nitrogens is 3. The van der Waals surface area contributed by atoms with Crippen LogP contribution in [0.25, 0.3) is 11.5 Å². The van der Waals surface area contributed by atoms with Crippen molar-refractivity contribution < 1.29 is 9.26 Å². The van der Waals surface area contributed by atoms with Gasteiger partial charge in [-0.1, -0.05) is 23.4 Å². The van der Waals surface area contributed by atoms with Gasteiger partial charge in [-0.2, -0.15) is 4.98 Å². The van der Waals surface area contributed by atoms with Crippen LogP contribution < -0.4 is 9.64 Å². The summed E-state index contributed by atoms with van der Waals surface area (Å²) in [6, 6.07) is 11.8. The molecule has 0 amide bonds. The molecule has 3 aromatic rings. The van der Waals surface area contributed by atoms with Crippen molar-refractivity contribution in [3.63, 3.8) is 0 Å². The second-order valence-corrected chi connectivity index (χ2v) is 5.42. The van der Waals surface area contributed by atoms with E-state index in [4.69, 9.17) is 9.26 Å². The minimum atomic E-state index is 0.473. The van der Waals surface area contributed by atoms with Gasteiger partial charge in [0.05, 0.1) is 12.2 Å². The van der Waals surface area contributed by atoms with Crippen LogP contribution in [0.1, 0.15) is 18.3 Å². The molecule has 3 rings (SSSR count). The zero-order chi connectivity index (χ0) is 16.9. The van der Waals surface area contributed by atoms with Crippen LogP contribution in [0, 0.1) is 6.92 Å². The van der Waals surface area contributed by atoms with Crippen LogP contribution in [0.3, 0.4) is 0 Å². The molecule has 0 aliphatic carbocycles. The molecule has 0 saturated heterocycles. The molecule has 0 unspecified atom stereocenters. The van der Waals surface area contributed by atoms with Gasteiger partial charge in [-0.3, -0.25) is 0 Å². The van der Waals surface area contributed by atoms with E-state index in [0.29, 0.717) is 24.9 Å². The number of nitrogens with zero attached hydrogens (tertiary/aromatic N) is 4. The Morgan fingerprint density at radius 1 is 1.17 bits per heavy atom. The quantitative estimate of drug-likeness (QED) is 0.692. The van der Waals surface area contributed by atoms with Crippen molar-refractivity contribution >= 4 is 5.82 Å². The van der Waals surface area contributed by atoms with E-state index in [1.807, 2.05) is 49.2 Å². The number of anilines is 1. The number of para-hydroxylation sites is 1. The van der Waals surface area contributed by atoms with Gasteiger partial charge < -0.3 is 14.2 Å². The first-order valence-electron chi connectivity index (χ1n) is 7.86. The van der Waals surface area contributed by atoms with E-state index < -0.39 is 0 Å². The van der Waals surface area contributed by atoms with Crippen molar-refractivity contribution in [3.8, 4) is 17.2 Å². The maximum Gasteiger partial charge on any atom is 0.261 e. The van der Waals surface area contributed by atoms with Gasteiger partial charge in [0.2, 0.25) is 0 Å². The number of hydrogen-bond acceptors (Lipinski definition) is 6. The molecule has 0 atom stereocenters. The maximum absolute atomic E-state index is 5.70. The topological polar surface area (TPSA) is 64.3 Å². The number of aryl methyl sites for hydroxylation is 1. The Kier molecular flexibility index (Phi) is 4.74. The third-order valence-corrected chi connectivity index (χ3v) is 3.59. The number of hydrogen-bond donors (Lipinski definition) is 0. The van der Waals surface area contributed by atoms with Gasteiger partial charge in [-0.15, -0.1) is 0 Å². The third-order valence-electron chi connectivity index (χ3n) is 3.59. The number of ether oxygens (including phenoxy) is 1. The molecule has 0 saturated carbocycles. The number of pyridine rings is 1. The fraction of sp³-hybridized carbons (Fsp3) is 0.278. The van der Waals surface area contributed by atoms with Gasteiger partial charge >= 0.3 is 0 Å². The molecular formula is C18H20N4O2. The van der Waals surface area contributed by atoms with E-state index in [0.717, 1.165) is 22.7 Å². The SMILES string of the molecule is CCOc1ccccc1CN(C)c1ncccc1-c1nc(C)no1. The highest BCUT2D eigenvalue weighted by molar-refractivity contribution is 5.69. The summed E-state index contributed by atoms with van der Waals surface area (Å²) in [5.74, 6) is 2.75. The average Bonchev–Trinajstić information content (AvgIpc) is 3.03. The highest BCUT2D eigenvalue weighted by atomic mass is 16.5. The lowest BCUT2D eigenvalue weighted by atomic mass is 10.1. The average molecular weight is 324 g/mol. The summed E-state index contributed by atoms with van der Waals surface area (Å²) in [5.41, 5.74) is 1.91. The first-order chi connectivity index (χ1) is 11.7. The molecule has 0 bridgehead atoms. The van der Waals surface area contributed by atoms with Gasteiger partial charge in [-0.25, -0.2) is 4.98 Å².